The molecule has 10 heteroatoms. The lowest BCUT2D eigenvalue weighted by molar-refractivity contribution is -0.145. The predicted molar refractivity (Wildman–Crippen MR) is 153 cm³/mol. The number of carbonyl (C=O) groups is 5. The van der Waals surface area contributed by atoms with Crippen LogP contribution in [0.15, 0.2) is 0 Å². The van der Waals surface area contributed by atoms with Crippen molar-refractivity contribution in [2.45, 2.75) is 136 Å². The van der Waals surface area contributed by atoms with Gasteiger partial charge in [0.1, 0.15) is 17.8 Å². The number of hydrogen-bond donors (Lipinski definition) is 3. The molecule has 1 saturated heterocycles. The summed E-state index contributed by atoms with van der Waals surface area (Å²) in [6, 6.07) is -3.47. The number of fused-ring (bicyclic) bond motifs is 1. The Hall–Kier alpha value is -2.52. The number of rotatable bonds is 9. The van der Waals surface area contributed by atoms with Gasteiger partial charge in [-0.15, -0.1) is 0 Å². The standard InChI is InChI=1S/C31H49FN4O5/c1-18(37)23(38)20(16-31(32)14-11-15-31)33-25(39)22-21-19(29(21,5)6)17-36(22)26(40)24(28(2,3)4)34-27(41)35-30(7)12-9-8-10-13-30/h19-22,24H,8-17H2,1-7H3,(H,33,39)(H2,34,35,41)/t19-,20?,21-,22-,24+/m0/s1. The second kappa shape index (κ2) is 11.0. The Kier molecular flexibility index (Phi) is 8.39. The van der Waals surface area contributed by atoms with Crippen molar-refractivity contribution in [2.24, 2.45) is 22.7 Å². The highest BCUT2D eigenvalue weighted by molar-refractivity contribution is 6.38. The fraction of sp³-hybridized carbons (Fsp3) is 0.839. The van der Waals surface area contributed by atoms with Gasteiger partial charge in [0, 0.05) is 25.4 Å². The van der Waals surface area contributed by atoms with Crippen LogP contribution < -0.4 is 16.0 Å². The van der Waals surface area contributed by atoms with E-state index in [1.54, 1.807) is 0 Å². The molecule has 4 rings (SSSR count). The largest absolute Gasteiger partial charge is 0.344 e. The first-order valence-corrected chi connectivity index (χ1v) is 15.3. The quantitative estimate of drug-likeness (QED) is 0.360. The molecule has 0 aromatic heterocycles. The molecule has 9 nitrogen and oxygen atoms in total. The Morgan fingerprint density at radius 2 is 1.54 bits per heavy atom. The number of likely N-dealkylation sites (tertiary alicyclic amines) is 1. The summed E-state index contributed by atoms with van der Waals surface area (Å²) in [5, 5.41) is 8.68. The number of urea groups is 1. The summed E-state index contributed by atoms with van der Waals surface area (Å²) in [7, 11) is 0. The number of piperidine rings is 1. The van der Waals surface area contributed by atoms with Crippen molar-refractivity contribution in [3.8, 4) is 0 Å². The zero-order valence-electron chi connectivity index (χ0n) is 25.8. The first-order chi connectivity index (χ1) is 18.9. The Bertz CT molecular complexity index is 1090. The highest BCUT2D eigenvalue weighted by Gasteiger charge is 2.70. The van der Waals surface area contributed by atoms with Crippen molar-refractivity contribution in [3.63, 3.8) is 0 Å². The zero-order chi connectivity index (χ0) is 30.5. The van der Waals surface area contributed by atoms with Gasteiger partial charge in [-0.3, -0.25) is 19.2 Å². The number of Topliss-reactive ketones (excluding diaryl/α,β-unsaturated/α-hetero) is 2. The highest BCUT2D eigenvalue weighted by atomic mass is 19.1. The van der Waals surface area contributed by atoms with Gasteiger partial charge in [0.2, 0.25) is 17.6 Å². The third kappa shape index (κ3) is 6.46. The normalized spacial score (nSPS) is 28.8. The van der Waals surface area contributed by atoms with Gasteiger partial charge in [0.15, 0.2) is 5.78 Å². The predicted octanol–water partition coefficient (Wildman–Crippen LogP) is 3.83. The number of nitrogens with one attached hydrogen (secondary N) is 3. The first-order valence-electron chi connectivity index (χ1n) is 15.3. The van der Waals surface area contributed by atoms with E-state index in [-0.39, 0.29) is 48.0 Å². The number of halogens is 1. The summed E-state index contributed by atoms with van der Waals surface area (Å²) < 4.78 is 15.0. The van der Waals surface area contributed by atoms with Crippen LogP contribution in [0.4, 0.5) is 9.18 Å². The smallest absolute Gasteiger partial charge is 0.315 e. The van der Waals surface area contributed by atoms with E-state index < -0.39 is 52.7 Å². The van der Waals surface area contributed by atoms with Gasteiger partial charge in [-0.25, -0.2) is 9.18 Å². The number of ketones is 2. The monoisotopic (exact) mass is 576 g/mol. The zero-order valence-corrected chi connectivity index (χ0v) is 25.8. The van der Waals surface area contributed by atoms with Gasteiger partial charge in [0.25, 0.3) is 0 Å². The van der Waals surface area contributed by atoms with Crippen molar-refractivity contribution in [1.82, 2.24) is 20.9 Å². The van der Waals surface area contributed by atoms with E-state index in [1.807, 2.05) is 41.5 Å². The molecule has 5 atom stereocenters. The lowest BCUT2D eigenvalue weighted by atomic mass is 9.76. The molecule has 4 aliphatic rings. The molecule has 0 aromatic rings. The molecule has 3 saturated carbocycles. The Labute approximate surface area is 243 Å². The van der Waals surface area contributed by atoms with Gasteiger partial charge >= 0.3 is 6.03 Å². The second-order valence-electron chi connectivity index (χ2n) is 15.1. The van der Waals surface area contributed by atoms with E-state index in [4.69, 9.17) is 0 Å². The summed E-state index contributed by atoms with van der Waals surface area (Å²) in [5.41, 5.74) is -2.75. The van der Waals surface area contributed by atoms with Crippen LogP contribution in [0.5, 0.6) is 0 Å². The lowest BCUT2D eigenvalue weighted by Crippen LogP contribution is -2.62. The van der Waals surface area contributed by atoms with Crippen LogP contribution in [0.25, 0.3) is 0 Å². The van der Waals surface area contributed by atoms with Crippen LogP contribution >= 0.6 is 0 Å². The van der Waals surface area contributed by atoms with Gasteiger partial charge in [0.05, 0.1) is 6.04 Å². The van der Waals surface area contributed by atoms with Crippen LogP contribution in [0.1, 0.15) is 106 Å². The van der Waals surface area contributed by atoms with Gasteiger partial charge in [-0.05, 0) is 61.7 Å². The summed E-state index contributed by atoms with van der Waals surface area (Å²) in [4.78, 5) is 67.3. The minimum Gasteiger partial charge on any atom is -0.344 e. The summed E-state index contributed by atoms with van der Waals surface area (Å²) >= 11 is 0. The van der Waals surface area contributed by atoms with Crippen molar-refractivity contribution in [1.29, 1.82) is 0 Å². The maximum atomic E-state index is 15.0. The topological polar surface area (TPSA) is 125 Å². The number of alkyl halides is 1. The average molecular weight is 577 g/mol. The van der Waals surface area contributed by atoms with E-state index in [0.717, 1.165) is 39.0 Å². The Morgan fingerprint density at radius 1 is 0.927 bits per heavy atom. The number of amides is 4. The van der Waals surface area contributed by atoms with Crippen LogP contribution in [0.3, 0.4) is 0 Å². The summed E-state index contributed by atoms with van der Waals surface area (Å²) in [6.45, 7) is 13.2. The first kappa shape index (κ1) is 31.4. The van der Waals surface area contributed by atoms with Gasteiger partial charge in [-0.1, -0.05) is 53.9 Å². The summed E-state index contributed by atoms with van der Waals surface area (Å²) in [6.07, 6.45) is 6.00. The number of hydrogen-bond acceptors (Lipinski definition) is 5. The highest BCUT2D eigenvalue weighted by Crippen LogP contribution is 2.65. The van der Waals surface area contributed by atoms with Crippen molar-refractivity contribution in [2.75, 3.05) is 6.54 Å². The third-order valence-electron chi connectivity index (χ3n) is 10.3. The van der Waals surface area contributed by atoms with Crippen LogP contribution in [-0.4, -0.2) is 70.2 Å². The molecule has 0 aromatic carbocycles. The Morgan fingerprint density at radius 3 is 2.05 bits per heavy atom. The van der Waals surface area contributed by atoms with E-state index in [9.17, 15) is 24.0 Å². The molecule has 4 fully saturated rings. The molecule has 3 N–H and O–H groups in total. The van der Waals surface area contributed by atoms with Crippen LogP contribution in [-0.2, 0) is 19.2 Å². The van der Waals surface area contributed by atoms with Crippen LogP contribution in [0, 0.1) is 22.7 Å². The Balaban J connectivity index is 1.53. The molecule has 1 unspecified atom stereocenters. The molecule has 1 aliphatic heterocycles. The van der Waals surface area contributed by atoms with E-state index in [0.29, 0.717) is 13.0 Å². The molecular formula is C31H49FN4O5. The van der Waals surface area contributed by atoms with Crippen LogP contribution in [0.2, 0.25) is 0 Å². The number of nitrogens with zero attached hydrogens (tertiary/aromatic N) is 1. The van der Waals surface area contributed by atoms with Crippen molar-refractivity contribution in [3.05, 3.63) is 0 Å². The fourth-order valence-corrected chi connectivity index (χ4v) is 7.37. The summed E-state index contributed by atoms with van der Waals surface area (Å²) in [5.74, 6) is -2.54. The second-order valence-corrected chi connectivity index (χ2v) is 15.1. The minimum absolute atomic E-state index is 0.0823. The maximum Gasteiger partial charge on any atom is 0.315 e. The molecule has 0 spiro atoms. The van der Waals surface area contributed by atoms with Crippen molar-refractivity contribution >= 4 is 29.4 Å². The van der Waals surface area contributed by atoms with Gasteiger partial charge < -0.3 is 20.9 Å². The minimum atomic E-state index is -1.58. The average Bonchev–Trinajstić information content (AvgIpc) is 3.17. The maximum absolute atomic E-state index is 15.0. The molecule has 0 radical (unpaired) electrons. The molecule has 1 heterocycles. The van der Waals surface area contributed by atoms with E-state index >= 15 is 4.39 Å². The van der Waals surface area contributed by atoms with Gasteiger partial charge in [-0.2, -0.15) is 0 Å². The van der Waals surface area contributed by atoms with E-state index in [1.165, 1.54) is 4.90 Å². The molecule has 0 bridgehead atoms. The SMILES string of the molecule is CC(=O)C(=O)C(CC1(F)CCC1)NC(=O)[C@@H]1[C@@H]2[C@H](CN1C(=O)[C@@H](NC(=O)NC1(C)CCCCC1)C(C)(C)C)C2(C)C. The number of carbonyl (C=O) groups excluding carboxylic acids is 5. The molecule has 41 heavy (non-hydrogen) atoms. The van der Waals surface area contributed by atoms with Crippen molar-refractivity contribution < 1.29 is 28.4 Å². The third-order valence-corrected chi connectivity index (χ3v) is 10.3. The fourth-order valence-electron chi connectivity index (χ4n) is 7.37. The molecular weight excluding hydrogens is 527 g/mol. The lowest BCUT2D eigenvalue weighted by Gasteiger charge is -2.40. The molecule has 4 amide bonds. The molecule has 230 valence electrons. The van der Waals surface area contributed by atoms with E-state index in [2.05, 4.69) is 16.0 Å². The molecule has 3 aliphatic carbocycles.